The first kappa shape index (κ1) is 19.4. The molecule has 8 nitrogen and oxygen atoms in total. The van der Waals surface area contributed by atoms with Crippen molar-refractivity contribution in [3.63, 3.8) is 0 Å². The molecule has 1 N–H and O–H groups in total. The van der Waals surface area contributed by atoms with Gasteiger partial charge in [0.05, 0.1) is 24.9 Å². The SMILES string of the molecule is COCCNC(=O)[C@H](C)OC(=O)CCN1C(=O)[C@H]2CCCC[C@H]2C1=O. The lowest BCUT2D eigenvalue weighted by molar-refractivity contribution is -0.155. The predicted molar refractivity (Wildman–Crippen MR) is 87.2 cm³/mol. The van der Waals surface area contributed by atoms with E-state index < -0.39 is 18.0 Å². The Bertz CT molecular complexity index is 511. The monoisotopic (exact) mass is 354 g/mol. The highest BCUT2D eigenvalue weighted by molar-refractivity contribution is 6.05. The smallest absolute Gasteiger partial charge is 0.308 e. The quantitative estimate of drug-likeness (QED) is 0.381. The van der Waals surface area contributed by atoms with Crippen molar-refractivity contribution in [2.24, 2.45) is 11.8 Å². The summed E-state index contributed by atoms with van der Waals surface area (Å²) in [6.45, 7) is 2.19. The third kappa shape index (κ3) is 4.78. The van der Waals surface area contributed by atoms with E-state index in [4.69, 9.17) is 9.47 Å². The van der Waals surface area contributed by atoms with Crippen molar-refractivity contribution in [3.05, 3.63) is 0 Å². The van der Waals surface area contributed by atoms with Gasteiger partial charge in [0, 0.05) is 20.2 Å². The topological polar surface area (TPSA) is 102 Å². The van der Waals surface area contributed by atoms with Crippen LogP contribution in [0.25, 0.3) is 0 Å². The Labute approximate surface area is 147 Å². The van der Waals surface area contributed by atoms with Gasteiger partial charge < -0.3 is 14.8 Å². The molecule has 2 aliphatic rings. The summed E-state index contributed by atoms with van der Waals surface area (Å²) in [5.41, 5.74) is 0. The molecule has 0 spiro atoms. The molecule has 3 amide bonds. The van der Waals surface area contributed by atoms with Crippen LogP contribution in [0.3, 0.4) is 0 Å². The number of imide groups is 1. The van der Waals surface area contributed by atoms with Gasteiger partial charge in [-0.2, -0.15) is 0 Å². The van der Waals surface area contributed by atoms with Crippen molar-refractivity contribution < 1.29 is 28.7 Å². The molecule has 1 saturated heterocycles. The average Bonchev–Trinajstić information content (AvgIpc) is 2.84. The van der Waals surface area contributed by atoms with Gasteiger partial charge in [0.1, 0.15) is 0 Å². The van der Waals surface area contributed by atoms with E-state index in [0.29, 0.717) is 13.2 Å². The molecule has 0 radical (unpaired) electrons. The number of likely N-dealkylation sites (tertiary alicyclic amines) is 1. The lowest BCUT2D eigenvalue weighted by Gasteiger charge is -2.19. The summed E-state index contributed by atoms with van der Waals surface area (Å²) in [5, 5.41) is 2.57. The van der Waals surface area contributed by atoms with Gasteiger partial charge in [-0.05, 0) is 19.8 Å². The largest absolute Gasteiger partial charge is 0.452 e. The van der Waals surface area contributed by atoms with Gasteiger partial charge in [-0.1, -0.05) is 12.8 Å². The van der Waals surface area contributed by atoms with Crippen LogP contribution in [0.2, 0.25) is 0 Å². The van der Waals surface area contributed by atoms with Crippen molar-refractivity contribution in [1.82, 2.24) is 10.2 Å². The highest BCUT2D eigenvalue weighted by atomic mass is 16.5. The molecule has 8 heteroatoms. The molecule has 3 atom stereocenters. The first-order valence-electron chi connectivity index (χ1n) is 8.77. The number of carbonyl (C=O) groups excluding carboxylic acids is 4. The van der Waals surface area contributed by atoms with Gasteiger partial charge >= 0.3 is 5.97 Å². The van der Waals surface area contributed by atoms with Crippen molar-refractivity contribution in [2.75, 3.05) is 26.8 Å². The van der Waals surface area contributed by atoms with Crippen LogP contribution in [0.15, 0.2) is 0 Å². The van der Waals surface area contributed by atoms with Crippen LogP contribution in [-0.4, -0.2) is 61.5 Å². The van der Waals surface area contributed by atoms with Crippen molar-refractivity contribution in [3.8, 4) is 0 Å². The zero-order valence-electron chi connectivity index (χ0n) is 14.8. The van der Waals surface area contributed by atoms with Crippen LogP contribution < -0.4 is 5.32 Å². The maximum absolute atomic E-state index is 12.3. The van der Waals surface area contributed by atoms with Gasteiger partial charge in [-0.3, -0.25) is 24.1 Å². The normalized spacial score (nSPS) is 24.0. The summed E-state index contributed by atoms with van der Waals surface area (Å²) >= 11 is 0. The van der Waals surface area contributed by atoms with E-state index in [-0.39, 0.29) is 36.6 Å². The second kappa shape index (κ2) is 8.94. The van der Waals surface area contributed by atoms with E-state index in [0.717, 1.165) is 25.7 Å². The third-order valence-corrected chi connectivity index (χ3v) is 4.75. The molecular weight excluding hydrogens is 328 g/mol. The van der Waals surface area contributed by atoms with E-state index in [1.165, 1.54) is 18.9 Å². The summed E-state index contributed by atoms with van der Waals surface area (Å²) in [5.74, 6) is -1.80. The Hall–Kier alpha value is -1.96. The van der Waals surface area contributed by atoms with Gasteiger partial charge in [-0.15, -0.1) is 0 Å². The van der Waals surface area contributed by atoms with Crippen molar-refractivity contribution in [2.45, 2.75) is 45.1 Å². The molecule has 2 fully saturated rings. The van der Waals surface area contributed by atoms with Crippen LogP contribution in [0.5, 0.6) is 0 Å². The number of esters is 1. The number of rotatable bonds is 8. The molecule has 1 aliphatic heterocycles. The minimum absolute atomic E-state index is 0.0154. The molecule has 140 valence electrons. The van der Waals surface area contributed by atoms with Crippen LogP contribution in [0.1, 0.15) is 39.0 Å². The molecular formula is C17H26N2O6. The molecule has 0 aromatic heterocycles. The number of nitrogens with zero attached hydrogens (tertiary/aromatic N) is 1. The fraction of sp³-hybridized carbons (Fsp3) is 0.765. The molecule has 25 heavy (non-hydrogen) atoms. The zero-order valence-corrected chi connectivity index (χ0v) is 14.8. The lowest BCUT2D eigenvalue weighted by Crippen LogP contribution is -2.38. The summed E-state index contributed by atoms with van der Waals surface area (Å²) in [4.78, 5) is 49.4. The summed E-state index contributed by atoms with van der Waals surface area (Å²) in [7, 11) is 1.52. The fourth-order valence-corrected chi connectivity index (χ4v) is 3.38. The van der Waals surface area contributed by atoms with Crippen LogP contribution in [-0.2, 0) is 28.7 Å². The van der Waals surface area contributed by atoms with Crippen molar-refractivity contribution >= 4 is 23.7 Å². The van der Waals surface area contributed by atoms with Crippen LogP contribution >= 0.6 is 0 Å². The minimum Gasteiger partial charge on any atom is -0.452 e. The Morgan fingerprint density at radius 3 is 2.36 bits per heavy atom. The van der Waals surface area contributed by atoms with E-state index in [1.807, 2.05) is 0 Å². The zero-order chi connectivity index (χ0) is 18.4. The molecule has 2 rings (SSSR count). The maximum atomic E-state index is 12.3. The minimum atomic E-state index is -0.933. The molecule has 0 aromatic carbocycles. The van der Waals surface area contributed by atoms with Crippen LogP contribution in [0, 0.1) is 11.8 Å². The lowest BCUT2D eigenvalue weighted by atomic mass is 9.81. The predicted octanol–water partition coefficient (Wildman–Crippen LogP) is 0.246. The standard InChI is InChI=1S/C17H26N2O6/c1-11(15(21)18-8-10-24-2)25-14(20)7-9-19-16(22)12-5-3-4-6-13(12)17(19)23/h11-13H,3-10H2,1-2H3,(H,18,21)/t11-,12-,13+/m0/s1. The average molecular weight is 354 g/mol. The number of carbonyl (C=O) groups is 4. The number of fused-ring (bicyclic) bond motifs is 1. The van der Waals surface area contributed by atoms with Crippen LogP contribution in [0.4, 0.5) is 0 Å². The third-order valence-electron chi connectivity index (χ3n) is 4.75. The fourth-order valence-electron chi connectivity index (χ4n) is 3.38. The number of ether oxygens (including phenoxy) is 2. The number of amides is 3. The number of methoxy groups -OCH3 is 1. The Balaban J connectivity index is 1.77. The van der Waals surface area contributed by atoms with E-state index in [2.05, 4.69) is 5.32 Å². The summed E-state index contributed by atoms with van der Waals surface area (Å²) in [6, 6.07) is 0. The number of hydrogen-bond acceptors (Lipinski definition) is 6. The first-order valence-corrected chi connectivity index (χ1v) is 8.77. The number of nitrogens with one attached hydrogen (secondary N) is 1. The van der Waals surface area contributed by atoms with Gasteiger partial charge in [0.15, 0.2) is 6.10 Å². The van der Waals surface area contributed by atoms with Crippen molar-refractivity contribution in [1.29, 1.82) is 0 Å². The summed E-state index contributed by atoms with van der Waals surface area (Å²) < 4.78 is 9.87. The van der Waals surface area contributed by atoms with E-state index in [1.54, 1.807) is 0 Å². The molecule has 1 aliphatic carbocycles. The highest BCUT2D eigenvalue weighted by Gasteiger charge is 2.47. The Kier molecular flexibility index (Phi) is 6.92. The van der Waals surface area contributed by atoms with Gasteiger partial charge in [0.2, 0.25) is 11.8 Å². The van der Waals surface area contributed by atoms with Gasteiger partial charge in [-0.25, -0.2) is 0 Å². The number of hydrogen-bond donors (Lipinski definition) is 1. The Morgan fingerprint density at radius 1 is 1.20 bits per heavy atom. The second-order valence-corrected chi connectivity index (χ2v) is 6.49. The molecule has 0 aromatic rings. The van der Waals surface area contributed by atoms with Gasteiger partial charge in [0.25, 0.3) is 5.91 Å². The molecule has 0 bridgehead atoms. The van der Waals surface area contributed by atoms with E-state index in [9.17, 15) is 19.2 Å². The maximum Gasteiger partial charge on any atom is 0.308 e. The van der Waals surface area contributed by atoms with E-state index >= 15 is 0 Å². The summed E-state index contributed by atoms with van der Waals surface area (Å²) in [6.07, 6.45) is 2.38. The molecule has 1 heterocycles. The molecule has 1 saturated carbocycles. The first-order chi connectivity index (χ1) is 12.0. The second-order valence-electron chi connectivity index (χ2n) is 6.49. The highest BCUT2D eigenvalue weighted by Crippen LogP contribution is 2.37. The molecule has 0 unspecified atom stereocenters. The Morgan fingerprint density at radius 2 is 1.80 bits per heavy atom.